The molecule has 0 radical (unpaired) electrons. The maximum atomic E-state index is 11.7. The van der Waals surface area contributed by atoms with E-state index in [1.54, 1.807) is 0 Å². The van der Waals surface area contributed by atoms with Crippen LogP contribution in [-0.4, -0.2) is 19.5 Å². The second-order valence-corrected chi connectivity index (χ2v) is 4.35. The Hall–Kier alpha value is -1.06. The van der Waals surface area contributed by atoms with E-state index in [2.05, 4.69) is 22.8 Å². The number of halogens is 1. The molecule has 2 N–H and O–H groups in total. The number of hydrogen-bond acceptors (Lipinski definition) is 2. The van der Waals surface area contributed by atoms with E-state index in [0.29, 0.717) is 6.42 Å². The van der Waals surface area contributed by atoms with E-state index in [0.717, 1.165) is 19.4 Å². The molecule has 0 saturated heterocycles. The minimum Gasteiger partial charge on any atom is -0.347 e. The summed E-state index contributed by atoms with van der Waals surface area (Å²) < 4.78 is 0. The van der Waals surface area contributed by atoms with Crippen molar-refractivity contribution in [3.05, 3.63) is 35.9 Å². The van der Waals surface area contributed by atoms with Crippen molar-refractivity contribution in [1.82, 2.24) is 10.6 Å². The highest BCUT2D eigenvalue weighted by atomic mass is 35.5. The number of rotatable bonds is 5. The zero-order chi connectivity index (χ0) is 11.4. The first kappa shape index (κ1) is 14.0. The molecule has 1 amide bonds. The monoisotopic (exact) mass is 254 g/mol. The van der Waals surface area contributed by atoms with Gasteiger partial charge in [0.25, 0.3) is 0 Å². The molecule has 0 unspecified atom stereocenters. The largest absolute Gasteiger partial charge is 0.347 e. The van der Waals surface area contributed by atoms with E-state index in [4.69, 9.17) is 0 Å². The molecule has 4 heteroatoms. The molecule has 1 aliphatic rings. The van der Waals surface area contributed by atoms with Crippen molar-refractivity contribution in [1.29, 1.82) is 0 Å². The molecule has 1 fully saturated rings. The van der Waals surface area contributed by atoms with Crippen LogP contribution < -0.4 is 10.6 Å². The molecule has 0 spiro atoms. The lowest BCUT2D eigenvalue weighted by atomic mass is 10.0. The molecule has 1 saturated carbocycles. The van der Waals surface area contributed by atoms with Gasteiger partial charge in [0.15, 0.2) is 0 Å². The van der Waals surface area contributed by atoms with Gasteiger partial charge >= 0.3 is 0 Å². The van der Waals surface area contributed by atoms with E-state index in [1.807, 2.05) is 25.2 Å². The highest BCUT2D eigenvalue weighted by molar-refractivity contribution is 5.85. The van der Waals surface area contributed by atoms with Gasteiger partial charge in [-0.05, 0) is 25.5 Å². The smallest absolute Gasteiger partial charge is 0.221 e. The fraction of sp³-hybridized carbons (Fsp3) is 0.462. The molecule has 1 aromatic rings. The Labute approximate surface area is 108 Å². The third-order valence-electron chi connectivity index (χ3n) is 3.06. The van der Waals surface area contributed by atoms with E-state index in [-0.39, 0.29) is 23.9 Å². The fourth-order valence-corrected chi connectivity index (χ4v) is 1.94. The van der Waals surface area contributed by atoms with Gasteiger partial charge in [-0.15, -0.1) is 12.4 Å². The van der Waals surface area contributed by atoms with Gasteiger partial charge in [0.1, 0.15) is 0 Å². The number of hydrogen-bond donors (Lipinski definition) is 2. The molecule has 1 aromatic carbocycles. The number of amides is 1. The first-order valence-corrected chi connectivity index (χ1v) is 5.78. The minimum absolute atomic E-state index is 0. The summed E-state index contributed by atoms with van der Waals surface area (Å²) in [5.74, 6) is 0.135. The molecule has 1 aliphatic carbocycles. The number of benzene rings is 1. The van der Waals surface area contributed by atoms with Crippen LogP contribution in [0.3, 0.4) is 0 Å². The number of carbonyl (C=O) groups excluding carboxylic acids is 1. The highest BCUT2D eigenvalue weighted by Gasteiger charge is 2.45. The van der Waals surface area contributed by atoms with Crippen LogP contribution in [0.25, 0.3) is 0 Å². The molecule has 3 nitrogen and oxygen atoms in total. The Bertz CT molecular complexity index is 363. The Morgan fingerprint density at radius 1 is 1.29 bits per heavy atom. The van der Waals surface area contributed by atoms with Crippen molar-refractivity contribution in [2.45, 2.75) is 24.8 Å². The van der Waals surface area contributed by atoms with E-state index in [9.17, 15) is 4.79 Å². The van der Waals surface area contributed by atoms with Gasteiger partial charge in [-0.3, -0.25) is 4.79 Å². The summed E-state index contributed by atoms with van der Waals surface area (Å²) in [5.41, 5.74) is 1.17. The fourth-order valence-electron chi connectivity index (χ4n) is 1.94. The van der Waals surface area contributed by atoms with Gasteiger partial charge in [0.2, 0.25) is 5.91 Å². The average molecular weight is 255 g/mol. The molecule has 94 valence electrons. The van der Waals surface area contributed by atoms with Crippen LogP contribution in [0.4, 0.5) is 0 Å². The summed E-state index contributed by atoms with van der Waals surface area (Å²) in [6, 6.07) is 10.2. The Balaban J connectivity index is 0.00000144. The summed E-state index contributed by atoms with van der Waals surface area (Å²) >= 11 is 0. The molecule has 0 heterocycles. The second kappa shape index (κ2) is 6.03. The maximum absolute atomic E-state index is 11.7. The Morgan fingerprint density at radius 2 is 1.94 bits per heavy atom. The summed E-state index contributed by atoms with van der Waals surface area (Å²) in [6.45, 7) is 0.733. The van der Waals surface area contributed by atoms with Crippen molar-refractivity contribution in [2.24, 2.45) is 0 Å². The van der Waals surface area contributed by atoms with E-state index in [1.165, 1.54) is 5.56 Å². The van der Waals surface area contributed by atoms with Crippen molar-refractivity contribution in [3.63, 3.8) is 0 Å². The zero-order valence-corrected chi connectivity index (χ0v) is 10.8. The second-order valence-electron chi connectivity index (χ2n) is 4.35. The molecule has 0 bridgehead atoms. The summed E-state index contributed by atoms with van der Waals surface area (Å²) in [6.07, 6.45) is 2.66. The number of carbonyl (C=O) groups is 1. The average Bonchev–Trinajstić information content (AvgIpc) is 3.09. The van der Waals surface area contributed by atoms with Crippen LogP contribution in [0.2, 0.25) is 0 Å². The first-order valence-electron chi connectivity index (χ1n) is 5.78. The molecule has 17 heavy (non-hydrogen) atoms. The van der Waals surface area contributed by atoms with Crippen LogP contribution in [-0.2, 0) is 10.3 Å². The minimum atomic E-state index is -0.0634. The zero-order valence-electron chi connectivity index (χ0n) is 10.0. The van der Waals surface area contributed by atoms with Gasteiger partial charge in [0.05, 0.1) is 5.54 Å². The van der Waals surface area contributed by atoms with Crippen LogP contribution >= 0.6 is 12.4 Å². The third kappa shape index (κ3) is 3.45. The van der Waals surface area contributed by atoms with Crippen molar-refractivity contribution in [3.8, 4) is 0 Å². The summed E-state index contributed by atoms with van der Waals surface area (Å²) in [7, 11) is 1.86. The Kier molecular flexibility index (Phi) is 4.97. The topological polar surface area (TPSA) is 41.1 Å². The van der Waals surface area contributed by atoms with Crippen LogP contribution in [0, 0.1) is 0 Å². The standard InChI is InChI=1S/C13H18N2O.ClH/c1-14-10-7-12(16)15-13(8-9-13)11-5-3-2-4-6-11;/h2-6,14H,7-10H2,1H3,(H,15,16);1H. The van der Waals surface area contributed by atoms with Crippen LogP contribution in [0.5, 0.6) is 0 Å². The predicted molar refractivity (Wildman–Crippen MR) is 71.3 cm³/mol. The van der Waals surface area contributed by atoms with Crippen molar-refractivity contribution < 1.29 is 4.79 Å². The lowest BCUT2D eigenvalue weighted by molar-refractivity contribution is -0.122. The SMILES string of the molecule is CNCCC(=O)NC1(c2ccccc2)CC1.Cl. The molecule has 0 atom stereocenters. The van der Waals surface area contributed by atoms with Gasteiger partial charge in [-0.1, -0.05) is 30.3 Å². The molecule has 2 rings (SSSR count). The van der Waals surface area contributed by atoms with Gasteiger partial charge in [-0.2, -0.15) is 0 Å². The summed E-state index contributed by atoms with van der Waals surface area (Å²) in [5, 5.41) is 6.12. The predicted octanol–water partition coefficient (Wildman–Crippen LogP) is 1.82. The normalized spacial score (nSPS) is 15.8. The van der Waals surface area contributed by atoms with Gasteiger partial charge in [0, 0.05) is 13.0 Å². The van der Waals surface area contributed by atoms with E-state index < -0.39 is 0 Å². The quantitative estimate of drug-likeness (QED) is 0.842. The van der Waals surface area contributed by atoms with Crippen LogP contribution in [0.15, 0.2) is 30.3 Å². The van der Waals surface area contributed by atoms with Crippen LogP contribution in [0.1, 0.15) is 24.8 Å². The molecule has 0 aromatic heterocycles. The van der Waals surface area contributed by atoms with Gasteiger partial charge in [-0.25, -0.2) is 0 Å². The van der Waals surface area contributed by atoms with Crippen molar-refractivity contribution in [2.75, 3.05) is 13.6 Å². The Morgan fingerprint density at radius 3 is 2.47 bits per heavy atom. The summed E-state index contributed by atoms with van der Waals surface area (Å²) in [4.78, 5) is 11.7. The maximum Gasteiger partial charge on any atom is 0.221 e. The van der Waals surface area contributed by atoms with E-state index >= 15 is 0 Å². The lowest BCUT2D eigenvalue weighted by Gasteiger charge is -2.17. The first-order chi connectivity index (χ1) is 7.77. The highest BCUT2D eigenvalue weighted by Crippen LogP contribution is 2.45. The third-order valence-corrected chi connectivity index (χ3v) is 3.06. The molecular formula is C13H19ClN2O. The lowest BCUT2D eigenvalue weighted by Crippen LogP contribution is -2.36. The number of nitrogens with one attached hydrogen (secondary N) is 2. The molecular weight excluding hydrogens is 236 g/mol. The molecule has 0 aliphatic heterocycles. The van der Waals surface area contributed by atoms with Crippen molar-refractivity contribution >= 4 is 18.3 Å². The van der Waals surface area contributed by atoms with Gasteiger partial charge < -0.3 is 10.6 Å².